The summed E-state index contributed by atoms with van der Waals surface area (Å²) in [6.45, 7) is 2.75. The molecule has 2 aromatic rings. The van der Waals surface area contributed by atoms with Crippen LogP contribution < -0.4 is 5.73 Å². The molecule has 0 atom stereocenters. The van der Waals surface area contributed by atoms with E-state index in [1.54, 1.807) is 22.7 Å². The van der Waals surface area contributed by atoms with Crippen molar-refractivity contribution in [3.8, 4) is 10.6 Å². The van der Waals surface area contributed by atoms with Gasteiger partial charge in [0.2, 0.25) is 0 Å². The van der Waals surface area contributed by atoms with E-state index < -0.39 is 0 Å². The highest BCUT2D eigenvalue weighted by Crippen LogP contribution is 2.29. The van der Waals surface area contributed by atoms with Crippen LogP contribution in [0.4, 0.5) is 0 Å². The van der Waals surface area contributed by atoms with Gasteiger partial charge in [-0.2, -0.15) is 11.3 Å². The van der Waals surface area contributed by atoms with E-state index in [1.807, 2.05) is 0 Å². The van der Waals surface area contributed by atoms with Crippen LogP contribution in [0.3, 0.4) is 0 Å². The number of hydrogen-bond donors (Lipinski definition) is 1. The minimum atomic E-state index is 0.701. The van der Waals surface area contributed by atoms with Crippen LogP contribution >= 0.6 is 22.7 Å². The molecule has 0 unspecified atom stereocenters. The molecule has 0 aliphatic carbocycles. The van der Waals surface area contributed by atoms with Crippen LogP contribution in [0.25, 0.3) is 10.6 Å². The third-order valence-corrected chi connectivity index (χ3v) is 3.98. The normalized spacial score (nSPS) is 10.7. The van der Waals surface area contributed by atoms with Gasteiger partial charge in [-0.3, -0.25) is 0 Å². The lowest BCUT2D eigenvalue weighted by Gasteiger charge is -1.90. The molecule has 74 valence electrons. The second kappa shape index (κ2) is 4.21. The van der Waals surface area contributed by atoms with Crippen molar-refractivity contribution in [3.63, 3.8) is 0 Å². The van der Waals surface area contributed by atoms with E-state index in [9.17, 15) is 0 Å². The third kappa shape index (κ3) is 1.87. The second-order valence-corrected chi connectivity index (χ2v) is 4.94. The maximum atomic E-state index is 5.54. The Labute approximate surface area is 91.4 Å². The summed E-state index contributed by atoms with van der Waals surface area (Å²) in [7, 11) is 0. The zero-order valence-corrected chi connectivity index (χ0v) is 9.62. The molecule has 0 saturated heterocycles. The van der Waals surface area contributed by atoms with Crippen molar-refractivity contribution >= 4 is 22.7 Å². The van der Waals surface area contributed by atoms with Crippen LogP contribution in [0.1, 0.15) is 10.6 Å². The van der Waals surface area contributed by atoms with Crippen molar-refractivity contribution in [1.29, 1.82) is 0 Å². The first-order valence-corrected chi connectivity index (χ1v) is 6.26. The van der Waals surface area contributed by atoms with Crippen LogP contribution in [-0.4, -0.2) is 11.5 Å². The third-order valence-electron chi connectivity index (χ3n) is 2.03. The van der Waals surface area contributed by atoms with Crippen molar-refractivity contribution in [3.05, 3.63) is 27.4 Å². The van der Waals surface area contributed by atoms with Crippen LogP contribution in [0.5, 0.6) is 0 Å². The van der Waals surface area contributed by atoms with E-state index in [2.05, 4.69) is 28.7 Å². The van der Waals surface area contributed by atoms with E-state index in [-0.39, 0.29) is 0 Å². The Morgan fingerprint density at radius 3 is 3.00 bits per heavy atom. The van der Waals surface area contributed by atoms with Crippen molar-refractivity contribution in [2.75, 3.05) is 6.54 Å². The molecule has 0 amide bonds. The van der Waals surface area contributed by atoms with Crippen molar-refractivity contribution in [2.45, 2.75) is 13.3 Å². The fourth-order valence-corrected chi connectivity index (χ4v) is 3.09. The van der Waals surface area contributed by atoms with Gasteiger partial charge >= 0.3 is 0 Å². The van der Waals surface area contributed by atoms with Gasteiger partial charge in [0.15, 0.2) is 0 Å². The molecule has 0 fully saturated rings. The lowest BCUT2D eigenvalue weighted by Crippen LogP contribution is -2.01. The molecule has 0 aliphatic heterocycles. The molecule has 2 aromatic heterocycles. The Bertz CT molecular complexity index is 404. The average Bonchev–Trinajstić information content (AvgIpc) is 2.76. The summed E-state index contributed by atoms with van der Waals surface area (Å²) in [5.74, 6) is 0. The number of nitrogens with zero attached hydrogens (tertiary/aromatic N) is 1. The van der Waals surface area contributed by atoms with Gasteiger partial charge in [-0.05, 0) is 31.3 Å². The predicted octanol–water partition coefficient (Wildman–Crippen LogP) is 2.68. The molecule has 0 spiro atoms. The predicted molar refractivity (Wildman–Crippen MR) is 62.9 cm³/mol. The van der Waals surface area contributed by atoms with Gasteiger partial charge in [0.05, 0.1) is 5.69 Å². The number of thiophene rings is 1. The quantitative estimate of drug-likeness (QED) is 0.870. The number of aryl methyl sites for hydroxylation is 1. The van der Waals surface area contributed by atoms with E-state index >= 15 is 0 Å². The largest absolute Gasteiger partial charge is 0.330 e. The molecule has 0 aliphatic rings. The lowest BCUT2D eigenvalue weighted by atomic mass is 10.3. The molecule has 14 heavy (non-hydrogen) atoms. The fourth-order valence-electron chi connectivity index (χ4n) is 1.30. The highest BCUT2D eigenvalue weighted by Gasteiger charge is 2.08. The van der Waals surface area contributed by atoms with Gasteiger partial charge in [0, 0.05) is 15.8 Å². The molecule has 0 saturated carbocycles. The first kappa shape index (κ1) is 9.83. The lowest BCUT2D eigenvalue weighted by molar-refractivity contribution is 0.970. The van der Waals surface area contributed by atoms with Gasteiger partial charge in [-0.1, -0.05) is 0 Å². The number of hydrogen-bond acceptors (Lipinski definition) is 4. The number of rotatable bonds is 3. The zero-order valence-electron chi connectivity index (χ0n) is 7.99. The summed E-state index contributed by atoms with van der Waals surface area (Å²) in [6, 6.07) is 2.11. The first-order valence-electron chi connectivity index (χ1n) is 4.50. The second-order valence-electron chi connectivity index (χ2n) is 3.08. The molecule has 4 heteroatoms. The smallest absolute Gasteiger partial charge is 0.124 e. The maximum absolute atomic E-state index is 5.54. The molecule has 2 N–H and O–H groups in total. The molecule has 2 nitrogen and oxygen atoms in total. The standard InChI is InChI=1S/C10H12N2S2/c1-7-9(2-4-11)14-10(12-7)8-3-5-13-6-8/h3,5-6H,2,4,11H2,1H3. The van der Waals surface area contributed by atoms with Gasteiger partial charge < -0.3 is 5.73 Å². The Balaban J connectivity index is 2.33. The molecule has 2 rings (SSSR count). The Kier molecular flexibility index (Phi) is 2.96. The van der Waals surface area contributed by atoms with E-state index in [1.165, 1.54) is 10.4 Å². The van der Waals surface area contributed by atoms with Crippen molar-refractivity contribution in [1.82, 2.24) is 4.98 Å². The number of thiazole rings is 1. The van der Waals surface area contributed by atoms with Gasteiger partial charge in [0.25, 0.3) is 0 Å². The van der Waals surface area contributed by atoms with Crippen molar-refractivity contribution < 1.29 is 0 Å². The first-order chi connectivity index (χ1) is 6.81. The maximum Gasteiger partial charge on any atom is 0.124 e. The minimum absolute atomic E-state index is 0.701. The molecule has 0 aromatic carbocycles. The molecule has 0 radical (unpaired) electrons. The number of aromatic nitrogens is 1. The van der Waals surface area contributed by atoms with Gasteiger partial charge in [-0.15, -0.1) is 11.3 Å². The van der Waals surface area contributed by atoms with Crippen LogP contribution in [0.15, 0.2) is 16.8 Å². The molecule has 2 heterocycles. The van der Waals surface area contributed by atoms with E-state index in [0.29, 0.717) is 6.54 Å². The topological polar surface area (TPSA) is 38.9 Å². The Hall–Kier alpha value is -0.710. The summed E-state index contributed by atoms with van der Waals surface area (Å²) in [5, 5.41) is 5.33. The Morgan fingerprint density at radius 1 is 1.50 bits per heavy atom. The summed E-state index contributed by atoms with van der Waals surface area (Å²) >= 11 is 3.46. The summed E-state index contributed by atoms with van der Waals surface area (Å²) in [4.78, 5) is 5.85. The Morgan fingerprint density at radius 2 is 2.36 bits per heavy atom. The van der Waals surface area contributed by atoms with Crippen molar-refractivity contribution in [2.24, 2.45) is 5.73 Å². The minimum Gasteiger partial charge on any atom is -0.330 e. The zero-order chi connectivity index (χ0) is 9.97. The highest BCUT2D eigenvalue weighted by atomic mass is 32.1. The number of nitrogens with two attached hydrogens (primary N) is 1. The van der Waals surface area contributed by atoms with Gasteiger partial charge in [-0.25, -0.2) is 4.98 Å². The molecule has 0 bridgehead atoms. The summed E-state index contributed by atoms with van der Waals surface area (Å²) < 4.78 is 0. The summed E-state index contributed by atoms with van der Waals surface area (Å²) in [5.41, 5.74) is 7.89. The van der Waals surface area contributed by atoms with Crippen LogP contribution in [-0.2, 0) is 6.42 Å². The fraction of sp³-hybridized carbons (Fsp3) is 0.300. The van der Waals surface area contributed by atoms with E-state index in [4.69, 9.17) is 5.73 Å². The van der Waals surface area contributed by atoms with Crippen LogP contribution in [0, 0.1) is 6.92 Å². The highest BCUT2D eigenvalue weighted by molar-refractivity contribution is 7.15. The van der Waals surface area contributed by atoms with E-state index in [0.717, 1.165) is 17.1 Å². The van der Waals surface area contributed by atoms with Gasteiger partial charge in [0.1, 0.15) is 5.01 Å². The SMILES string of the molecule is Cc1nc(-c2ccsc2)sc1CCN. The molecular weight excluding hydrogens is 212 g/mol. The monoisotopic (exact) mass is 224 g/mol. The average molecular weight is 224 g/mol. The van der Waals surface area contributed by atoms with Crippen LogP contribution in [0.2, 0.25) is 0 Å². The molecular formula is C10H12N2S2. The summed E-state index contributed by atoms with van der Waals surface area (Å²) in [6.07, 6.45) is 0.938.